The number of hydrogen-bond donors (Lipinski definition) is 1. The molecule has 1 saturated heterocycles. The van der Waals surface area contributed by atoms with Crippen LogP contribution in [0.1, 0.15) is 12.0 Å². The minimum absolute atomic E-state index is 0.304. The molecule has 4 nitrogen and oxygen atoms in total. The van der Waals surface area contributed by atoms with Gasteiger partial charge in [0.2, 0.25) is 5.91 Å². The maximum atomic E-state index is 13.2. The largest absolute Gasteiger partial charge is 0.497 e. The second-order valence-corrected chi connectivity index (χ2v) is 6.24. The lowest BCUT2D eigenvalue weighted by Gasteiger charge is -2.21. The Morgan fingerprint density at radius 3 is 2.67 bits per heavy atom. The van der Waals surface area contributed by atoms with Crippen LogP contribution in [0.15, 0.2) is 36.4 Å². The predicted octanol–water partition coefficient (Wildman–Crippen LogP) is 2.80. The number of methoxy groups -OCH3 is 1. The highest BCUT2D eigenvalue weighted by molar-refractivity contribution is 5.85. The molecule has 3 rings (SSSR count). The predicted molar refractivity (Wildman–Crippen MR) is 88.3 cm³/mol. The van der Waals surface area contributed by atoms with Gasteiger partial charge >= 0.3 is 0 Å². The summed E-state index contributed by atoms with van der Waals surface area (Å²) in [6, 6.07) is 10.9. The molecular weight excluding hydrogens is 314 g/mol. The molecule has 1 amide bonds. The Morgan fingerprint density at radius 1 is 1.29 bits per heavy atom. The molecule has 1 N–H and O–H groups in total. The van der Waals surface area contributed by atoms with Crippen molar-refractivity contribution in [2.75, 3.05) is 20.7 Å². The number of nitrogens with zero attached hydrogens (tertiary/aromatic N) is 1. The van der Waals surface area contributed by atoms with E-state index in [-0.39, 0.29) is 5.91 Å². The molecule has 1 aliphatic heterocycles. The van der Waals surface area contributed by atoms with Gasteiger partial charge in [0.1, 0.15) is 5.75 Å². The van der Waals surface area contributed by atoms with E-state index in [9.17, 15) is 13.6 Å². The summed E-state index contributed by atoms with van der Waals surface area (Å²) < 4.78 is 31.7. The van der Waals surface area contributed by atoms with E-state index in [2.05, 4.69) is 5.32 Å². The van der Waals surface area contributed by atoms with Crippen LogP contribution < -0.4 is 10.1 Å². The number of fused-ring (bicyclic) bond motifs is 1. The Morgan fingerprint density at radius 2 is 2.00 bits per heavy atom. The Balaban J connectivity index is 1.71. The van der Waals surface area contributed by atoms with Crippen molar-refractivity contribution in [1.29, 1.82) is 0 Å². The lowest BCUT2D eigenvalue weighted by atomic mass is 10.1. The molecule has 0 aliphatic carbocycles. The molecule has 1 unspecified atom stereocenters. The first-order valence-electron chi connectivity index (χ1n) is 7.81. The summed E-state index contributed by atoms with van der Waals surface area (Å²) in [5, 5.41) is 4.69. The fourth-order valence-electron chi connectivity index (χ4n) is 3.01. The lowest BCUT2D eigenvalue weighted by molar-refractivity contribution is -0.132. The van der Waals surface area contributed by atoms with Crippen molar-refractivity contribution >= 4 is 16.7 Å². The van der Waals surface area contributed by atoms with Crippen LogP contribution in [0.4, 0.5) is 8.78 Å². The third-order valence-electron chi connectivity index (χ3n) is 4.32. The van der Waals surface area contributed by atoms with Crippen molar-refractivity contribution in [2.24, 2.45) is 0 Å². The molecule has 0 bridgehead atoms. The molecule has 1 heterocycles. The molecule has 24 heavy (non-hydrogen) atoms. The van der Waals surface area contributed by atoms with Crippen LogP contribution in [0.2, 0.25) is 0 Å². The maximum absolute atomic E-state index is 13.2. The van der Waals surface area contributed by atoms with E-state index in [1.807, 2.05) is 36.4 Å². The van der Waals surface area contributed by atoms with E-state index < -0.39 is 24.9 Å². The molecule has 128 valence electrons. The summed E-state index contributed by atoms with van der Waals surface area (Å²) in [6.07, 6.45) is -0.437. The van der Waals surface area contributed by atoms with Crippen LogP contribution in [0, 0.1) is 0 Å². The van der Waals surface area contributed by atoms with Crippen LogP contribution in [-0.4, -0.2) is 43.5 Å². The highest BCUT2D eigenvalue weighted by Crippen LogP contribution is 2.26. The first kappa shape index (κ1) is 16.6. The number of ether oxygens (including phenoxy) is 1. The molecule has 1 fully saturated rings. The Bertz CT molecular complexity index is 764. The van der Waals surface area contributed by atoms with Gasteiger partial charge in [-0.25, -0.2) is 8.78 Å². The SMILES string of the molecule is COc1ccc2cc(CN(C)C(=O)C3CC(F)(F)CN3)ccc2c1. The molecule has 1 aliphatic rings. The molecule has 6 heteroatoms. The lowest BCUT2D eigenvalue weighted by Crippen LogP contribution is -2.41. The van der Waals surface area contributed by atoms with E-state index >= 15 is 0 Å². The average Bonchev–Trinajstić information content (AvgIpc) is 2.93. The summed E-state index contributed by atoms with van der Waals surface area (Å²) in [6.45, 7) is -0.0559. The summed E-state index contributed by atoms with van der Waals surface area (Å²) in [7, 11) is 3.26. The van der Waals surface area contributed by atoms with E-state index in [0.717, 1.165) is 22.1 Å². The first-order chi connectivity index (χ1) is 11.4. The van der Waals surface area contributed by atoms with Crippen molar-refractivity contribution in [2.45, 2.75) is 24.9 Å². The topological polar surface area (TPSA) is 41.6 Å². The molecular formula is C18H20F2N2O2. The fraction of sp³-hybridized carbons (Fsp3) is 0.389. The maximum Gasteiger partial charge on any atom is 0.262 e. The van der Waals surface area contributed by atoms with Crippen LogP contribution in [-0.2, 0) is 11.3 Å². The second-order valence-electron chi connectivity index (χ2n) is 6.24. The van der Waals surface area contributed by atoms with Crippen LogP contribution >= 0.6 is 0 Å². The molecule has 0 spiro atoms. The summed E-state index contributed by atoms with van der Waals surface area (Å²) >= 11 is 0. The number of benzene rings is 2. The van der Waals surface area contributed by atoms with E-state index in [0.29, 0.717) is 6.54 Å². The number of rotatable bonds is 4. The van der Waals surface area contributed by atoms with Gasteiger partial charge in [-0.1, -0.05) is 18.2 Å². The number of carbonyl (C=O) groups excluding carboxylic acids is 1. The van der Waals surface area contributed by atoms with Gasteiger partial charge in [-0.05, 0) is 34.5 Å². The number of carbonyl (C=O) groups is 1. The second kappa shape index (κ2) is 6.36. The highest BCUT2D eigenvalue weighted by atomic mass is 19.3. The quantitative estimate of drug-likeness (QED) is 0.935. The van der Waals surface area contributed by atoms with Gasteiger partial charge in [0, 0.05) is 20.0 Å². The van der Waals surface area contributed by atoms with E-state index in [1.165, 1.54) is 4.90 Å². The van der Waals surface area contributed by atoms with Crippen molar-refractivity contribution in [3.8, 4) is 5.75 Å². The van der Waals surface area contributed by atoms with Crippen LogP contribution in [0.5, 0.6) is 5.75 Å². The Labute approximate surface area is 139 Å². The third kappa shape index (κ3) is 3.48. The standard InChI is InChI=1S/C18H20F2N2O2/c1-22(17(23)16-9-18(19,20)11-21-16)10-12-3-4-14-8-15(24-2)6-5-13(14)7-12/h3-8,16,21H,9-11H2,1-2H3. The number of alkyl halides is 2. The highest BCUT2D eigenvalue weighted by Gasteiger charge is 2.43. The zero-order valence-corrected chi connectivity index (χ0v) is 13.7. The summed E-state index contributed by atoms with van der Waals surface area (Å²) in [4.78, 5) is 13.8. The smallest absolute Gasteiger partial charge is 0.262 e. The van der Waals surface area contributed by atoms with Gasteiger partial charge in [-0.2, -0.15) is 0 Å². The fourth-order valence-corrected chi connectivity index (χ4v) is 3.01. The monoisotopic (exact) mass is 334 g/mol. The third-order valence-corrected chi connectivity index (χ3v) is 4.32. The van der Waals surface area contributed by atoms with Crippen molar-refractivity contribution in [1.82, 2.24) is 10.2 Å². The van der Waals surface area contributed by atoms with Crippen molar-refractivity contribution < 1.29 is 18.3 Å². The van der Waals surface area contributed by atoms with E-state index in [1.54, 1.807) is 14.2 Å². The van der Waals surface area contributed by atoms with Gasteiger partial charge in [0.15, 0.2) is 0 Å². The van der Waals surface area contributed by atoms with Gasteiger partial charge in [0.05, 0.1) is 19.7 Å². The van der Waals surface area contributed by atoms with E-state index in [4.69, 9.17) is 4.74 Å². The Hall–Kier alpha value is -2.21. The molecule has 0 saturated carbocycles. The summed E-state index contributed by atoms with van der Waals surface area (Å²) in [5.74, 6) is -2.32. The number of amides is 1. The Kier molecular flexibility index (Phi) is 4.41. The van der Waals surface area contributed by atoms with Crippen LogP contribution in [0.25, 0.3) is 10.8 Å². The van der Waals surface area contributed by atoms with Crippen molar-refractivity contribution in [3.63, 3.8) is 0 Å². The normalized spacial score (nSPS) is 19.4. The number of nitrogens with one attached hydrogen (secondary N) is 1. The zero-order valence-electron chi connectivity index (χ0n) is 13.7. The van der Waals surface area contributed by atoms with Gasteiger partial charge in [-0.15, -0.1) is 0 Å². The van der Waals surface area contributed by atoms with Crippen LogP contribution in [0.3, 0.4) is 0 Å². The average molecular weight is 334 g/mol. The molecule has 2 aromatic carbocycles. The number of hydrogen-bond acceptors (Lipinski definition) is 3. The van der Waals surface area contributed by atoms with Gasteiger partial charge in [0.25, 0.3) is 5.92 Å². The van der Waals surface area contributed by atoms with Crippen molar-refractivity contribution in [3.05, 3.63) is 42.0 Å². The molecule has 1 atom stereocenters. The minimum atomic E-state index is -2.80. The summed E-state index contributed by atoms with van der Waals surface area (Å²) in [5.41, 5.74) is 0.952. The zero-order chi connectivity index (χ0) is 17.3. The number of halogens is 2. The molecule has 0 radical (unpaired) electrons. The molecule has 2 aromatic rings. The minimum Gasteiger partial charge on any atom is -0.497 e. The molecule has 0 aromatic heterocycles. The van der Waals surface area contributed by atoms with Gasteiger partial charge < -0.3 is 9.64 Å². The van der Waals surface area contributed by atoms with Gasteiger partial charge in [-0.3, -0.25) is 10.1 Å². The number of likely N-dealkylation sites (N-methyl/N-ethyl adjacent to an activating group) is 1. The first-order valence-corrected chi connectivity index (χ1v) is 7.81.